The number of rotatable bonds is 3. The van der Waals surface area contributed by atoms with Gasteiger partial charge in [0.2, 0.25) is 0 Å². The first-order valence-electron chi connectivity index (χ1n) is 5.82. The Morgan fingerprint density at radius 1 is 1.16 bits per heavy atom. The van der Waals surface area contributed by atoms with Crippen LogP contribution in [0.2, 0.25) is 0 Å². The third-order valence-corrected chi connectivity index (χ3v) is 3.06. The van der Waals surface area contributed by atoms with Crippen molar-refractivity contribution in [3.63, 3.8) is 0 Å². The summed E-state index contributed by atoms with van der Waals surface area (Å²) in [6, 6.07) is 8.79. The molecule has 0 saturated heterocycles. The standard InChI is InChI=1S/C15H13F2NO/c1-9-11(5-3-7-13(9)18)14(19)8-10-4-2-6-12(16)15(10)17/h2-7H,8,18H2,1H3. The van der Waals surface area contributed by atoms with Crippen LogP contribution in [0.25, 0.3) is 0 Å². The summed E-state index contributed by atoms with van der Waals surface area (Å²) in [5.74, 6) is -2.21. The fraction of sp³-hybridized carbons (Fsp3) is 0.133. The van der Waals surface area contributed by atoms with Gasteiger partial charge >= 0.3 is 0 Å². The summed E-state index contributed by atoms with van der Waals surface area (Å²) < 4.78 is 26.6. The lowest BCUT2D eigenvalue weighted by molar-refractivity contribution is 0.0991. The highest BCUT2D eigenvalue weighted by Gasteiger charge is 2.15. The number of carbonyl (C=O) groups is 1. The number of nitrogen functional groups attached to an aromatic ring is 1. The zero-order chi connectivity index (χ0) is 14.0. The van der Waals surface area contributed by atoms with E-state index < -0.39 is 11.6 Å². The lowest BCUT2D eigenvalue weighted by Gasteiger charge is -2.08. The first-order valence-corrected chi connectivity index (χ1v) is 5.82. The van der Waals surface area contributed by atoms with Crippen LogP contribution in [0.15, 0.2) is 36.4 Å². The summed E-state index contributed by atoms with van der Waals surface area (Å²) in [7, 11) is 0. The second kappa shape index (κ2) is 5.18. The van der Waals surface area contributed by atoms with Crippen molar-refractivity contribution < 1.29 is 13.6 Å². The Balaban J connectivity index is 2.31. The van der Waals surface area contributed by atoms with Crippen molar-refractivity contribution in [2.45, 2.75) is 13.3 Å². The first-order chi connectivity index (χ1) is 9.00. The lowest BCUT2D eigenvalue weighted by Crippen LogP contribution is -2.09. The number of benzene rings is 2. The Hall–Kier alpha value is -2.23. The molecule has 0 saturated carbocycles. The van der Waals surface area contributed by atoms with Gasteiger partial charge < -0.3 is 5.73 Å². The van der Waals surface area contributed by atoms with Gasteiger partial charge in [-0.3, -0.25) is 4.79 Å². The minimum atomic E-state index is -0.975. The van der Waals surface area contributed by atoms with Gasteiger partial charge in [-0.1, -0.05) is 24.3 Å². The van der Waals surface area contributed by atoms with Crippen LogP contribution in [-0.2, 0) is 6.42 Å². The minimum absolute atomic E-state index is 0.0480. The van der Waals surface area contributed by atoms with Gasteiger partial charge in [-0.2, -0.15) is 0 Å². The third-order valence-electron chi connectivity index (χ3n) is 3.06. The van der Waals surface area contributed by atoms with Gasteiger partial charge in [0, 0.05) is 17.7 Å². The van der Waals surface area contributed by atoms with Crippen LogP contribution >= 0.6 is 0 Å². The van der Waals surface area contributed by atoms with Gasteiger partial charge in [0.1, 0.15) is 0 Å². The maximum absolute atomic E-state index is 13.5. The number of ketones is 1. The van der Waals surface area contributed by atoms with Gasteiger partial charge in [-0.05, 0) is 30.2 Å². The van der Waals surface area contributed by atoms with Crippen LogP contribution in [0.3, 0.4) is 0 Å². The van der Waals surface area contributed by atoms with E-state index in [1.807, 2.05) is 0 Å². The van der Waals surface area contributed by atoms with Gasteiger partial charge in [-0.15, -0.1) is 0 Å². The molecule has 0 heterocycles. The lowest BCUT2D eigenvalue weighted by atomic mass is 9.98. The van der Waals surface area contributed by atoms with E-state index in [1.165, 1.54) is 12.1 Å². The van der Waals surface area contributed by atoms with E-state index in [9.17, 15) is 13.6 Å². The highest BCUT2D eigenvalue weighted by molar-refractivity contribution is 5.99. The van der Waals surface area contributed by atoms with E-state index in [0.717, 1.165) is 6.07 Å². The van der Waals surface area contributed by atoms with Crippen molar-refractivity contribution in [3.05, 3.63) is 64.7 Å². The summed E-state index contributed by atoms with van der Waals surface area (Å²) in [6.07, 6.45) is -0.187. The van der Waals surface area contributed by atoms with Crippen molar-refractivity contribution in [1.29, 1.82) is 0 Å². The number of hydrogen-bond donors (Lipinski definition) is 1. The van der Waals surface area contributed by atoms with Crippen LogP contribution < -0.4 is 5.73 Å². The molecule has 98 valence electrons. The Bertz CT molecular complexity index is 638. The summed E-state index contributed by atoms with van der Waals surface area (Å²) in [5, 5.41) is 0. The summed E-state index contributed by atoms with van der Waals surface area (Å²) in [6.45, 7) is 1.73. The van der Waals surface area contributed by atoms with E-state index in [4.69, 9.17) is 5.73 Å². The van der Waals surface area contributed by atoms with Gasteiger partial charge in [0.25, 0.3) is 0 Å². The van der Waals surface area contributed by atoms with E-state index in [1.54, 1.807) is 25.1 Å². The molecular weight excluding hydrogens is 248 g/mol. The Labute approximate surface area is 109 Å². The van der Waals surface area contributed by atoms with Crippen LogP contribution in [0.5, 0.6) is 0 Å². The number of carbonyl (C=O) groups excluding carboxylic acids is 1. The van der Waals surface area contributed by atoms with Crippen LogP contribution in [-0.4, -0.2) is 5.78 Å². The smallest absolute Gasteiger partial charge is 0.167 e. The molecule has 0 aliphatic carbocycles. The van der Waals surface area contributed by atoms with E-state index >= 15 is 0 Å². The van der Waals surface area contributed by atoms with Crippen molar-refractivity contribution >= 4 is 11.5 Å². The second-order valence-corrected chi connectivity index (χ2v) is 4.33. The number of Topliss-reactive ketones (excluding diaryl/α,β-unsaturated/α-hetero) is 1. The fourth-order valence-electron chi connectivity index (χ4n) is 1.91. The van der Waals surface area contributed by atoms with Gasteiger partial charge in [0.05, 0.1) is 0 Å². The molecule has 4 heteroatoms. The molecular formula is C15H13F2NO. The quantitative estimate of drug-likeness (QED) is 0.680. The van der Waals surface area contributed by atoms with Crippen molar-refractivity contribution in [3.8, 4) is 0 Å². The Morgan fingerprint density at radius 2 is 1.84 bits per heavy atom. The number of anilines is 1. The van der Waals surface area contributed by atoms with Crippen molar-refractivity contribution in [1.82, 2.24) is 0 Å². The predicted octanol–water partition coefficient (Wildman–Crippen LogP) is 3.28. The number of nitrogens with two attached hydrogens (primary N) is 1. The fourth-order valence-corrected chi connectivity index (χ4v) is 1.91. The monoisotopic (exact) mass is 261 g/mol. The molecule has 2 N–H and O–H groups in total. The first kappa shape index (κ1) is 13.2. The molecule has 2 rings (SSSR count). The molecule has 0 spiro atoms. The molecule has 0 amide bonds. The van der Waals surface area contributed by atoms with Crippen molar-refractivity contribution in [2.75, 3.05) is 5.73 Å². The summed E-state index contributed by atoms with van der Waals surface area (Å²) in [5.41, 5.74) is 7.36. The summed E-state index contributed by atoms with van der Waals surface area (Å²) in [4.78, 5) is 12.1. The summed E-state index contributed by atoms with van der Waals surface area (Å²) >= 11 is 0. The normalized spacial score (nSPS) is 10.5. The molecule has 0 radical (unpaired) electrons. The highest BCUT2D eigenvalue weighted by atomic mass is 19.2. The molecule has 0 unspecified atom stereocenters. The minimum Gasteiger partial charge on any atom is -0.398 e. The molecule has 0 aliphatic heterocycles. The molecule has 0 aliphatic rings. The Morgan fingerprint density at radius 3 is 2.58 bits per heavy atom. The van der Waals surface area contributed by atoms with Gasteiger partial charge in [0.15, 0.2) is 17.4 Å². The van der Waals surface area contributed by atoms with Crippen LogP contribution in [0.4, 0.5) is 14.5 Å². The maximum Gasteiger partial charge on any atom is 0.167 e. The molecule has 2 aromatic carbocycles. The zero-order valence-corrected chi connectivity index (χ0v) is 10.4. The second-order valence-electron chi connectivity index (χ2n) is 4.33. The van der Waals surface area contributed by atoms with Crippen LogP contribution in [0, 0.1) is 18.6 Å². The molecule has 2 nitrogen and oxygen atoms in total. The molecule has 0 aromatic heterocycles. The van der Waals surface area contributed by atoms with E-state index in [-0.39, 0.29) is 17.8 Å². The zero-order valence-electron chi connectivity index (χ0n) is 10.4. The highest BCUT2D eigenvalue weighted by Crippen LogP contribution is 2.19. The molecule has 0 atom stereocenters. The predicted molar refractivity (Wildman–Crippen MR) is 70.0 cm³/mol. The average Bonchev–Trinajstić information content (AvgIpc) is 2.38. The average molecular weight is 261 g/mol. The molecule has 19 heavy (non-hydrogen) atoms. The molecule has 0 bridgehead atoms. The third kappa shape index (κ3) is 2.62. The number of halogens is 2. The largest absolute Gasteiger partial charge is 0.398 e. The molecule has 0 fully saturated rings. The van der Waals surface area contributed by atoms with Crippen molar-refractivity contribution in [2.24, 2.45) is 0 Å². The van der Waals surface area contributed by atoms with Gasteiger partial charge in [-0.25, -0.2) is 8.78 Å². The van der Waals surface area contributed by atoms with E-state index in [0.29, 0.717) is 16.8 Å². The molecule has 2 aromatic rings. The number of hydrogen-bond acceptors (Lipinski definition) is 2. The van der Waals surface area contributed by atoms with E-state index in [2.05, 4.69) is 0 Å². The van der Waals surface area contributed by atoms with Crippen LogP contribution in [0.1, 0.15) is 21.5 Å². The topological polar surface area (TPSA) is 43.1 Å². The SMILES string of the molecule is Cc1c(N)cccc1C(=O)Cc1cccc(F)c1F. The maximum atomic E-state index is 13.5. The Kier molecular flexibility index (Phi) is 3.60.